The standard InChI is InChI=1S/C23H31NO/c1-17-22-11-9-18(15-20(22)10-12-23(17)25-2)14-19-6-5-13-24(16-19)21-7-3-4-8-21/h9-12,15,19,21H,3-8,13-14,16H2,1-2H3. The molecule has 25 heavy (non-hydrogen) atoms. The van der Waals surface area contributed by atoms with Gasteiger partial charge in [0.15, 0.2) is 0 Å². The third kappa shape index (κ3) is 3.55. The van der Waals surface area contributed by atoms with Gasteiger partial charge < -0.3 is 9.64 Å². The second kappa shape index (κ2) is 7.37. The summed E-state index contributed by atoms with van der Waals surface area (Å²) in [5.74, 6) is 1.81. The molecule has 1 saturated heterocycles. The van der Waals surface area contributed by atoms with Crippen molar-refractivity contribution in [3.05, 3.63) is 41.5 Å². The highest BCUT2D eigenvalue weighted by Gasteiger charge is 2.27. The van der Waals surface area contributed by atoms with Crippen LogP contribution in [0.4, 0.5) is 0 Å². The molecule has 0 radical (unpaired) electrons. The predicted molar refractivity (Wildman–Crippen MR) is 105 cm³/mol. The van der Waals surface area contributed by atoms with E-state index in [1.165, 1.54) is 79.9 Å². The lowest BCUT2D eigenvalue weighted by Gasteiger charge is -2.37. The molecule has 4 rings (SSSR count). The Labute approximate surface area is 152 Å². The minimum absolute atomic E-state index is 0.825. The van der Waals surface area contributed by atoms with Gasteiger partial charge in [0.05, 0.1) is 7.11 Å². The van der Waals surface area contributed by atoms with Crippen LogP contribution in [0, 0.1) is 12.8 Å². The number of nitrogens with zero attached hydrogens (tertiary/aromatic N) is 1. The number of fused-ring (bicyclic) bond motifs is 1. The number of rotatable bonds is 4. The number of hydrogen-bond acceptors (Lipinski definition) is 2. The molecule has 0 N–H and O–H groups in total. The molecule has 0 amide bonds. The number of aryl methyl sites for hydroxylation is 1. The summed E-state index contributed by atoms with van der Waals surface area (Å²) in [6.45, 7) is 4.80. The van der Waals surface area contributed by atoms with E-state index in [0.717, 1.165) is 17.7 Å². The fraction of sp³-hybridized carbons (Fsp3) is 0.565. The molecule has 0 spiro atoms. The van der Waals surface area contributed by atoms with Crippen LogP contribution in [0.5, 0.6) is 5.75 Å². The molecule has 2 heteroatoms. The number of ether oxygens (including phenoxy) is 1. The molecule has 134 valence electrons. The molecule has 2 fully saturated rings. The van der Waals surface area contributed by atoms with Crippen LogP contribution in [-0.4, -0.2) is 31.1 Å². The fourth-order valence-electron chi connectivity index (χ4n) is 5.06. The first-order valence-electron chi connectivity index (χ1n) is 10.0. The van der Waals surface area contributed by atoms with E-state index >= 15 is 0 Å². The van der Waals surface area contributed by atoms with Crippen molar-refractivity contribution in [1.82, 2.24) is 4.90 Å². The Balaban J connectivity index is 1.48. The zero-order valence-electron chi connectivity index (χ0n) is 15.8. The molecular formula is C23H31NO. The van der Waals surface area contributed by atoms with Gasteiger partial charge in [0, 0.05) is 12.6 Å². The predicted octanol–water partition coefficient (Wildman–Crippen LogP) is 5.35. The van der Waals surface area contributed by atoms with Crippen LogP contribution < -0.4 is 4.74 Å². The Morgan fingerprint density at radius 2 is 1.88 bits per heavy atom. The van der Waals surface area contributed by atoms with Crippen molar-refractivity contribution in [2.24, 2.45) is 5.92 Å². The van der Waals surface area contributed by atoms with Gasteiger partial charge in [-0.1, -0.05) is 37.1 Å². The lowest BCUT2D eigenvalue weighted by atomic mass is 9.89. The molecule has 2 nitrogen and oxygen atoms in total. The van der Waals surface area contributed by atoms with Gasteiger partial charge in [-0.25, -0.2) is 0 Å². The summed E-state index contributed by atoms with van der Waals surface area (Å²) in [7, 11) is 1.75. The van der Waals surface area contributed by atoms with Crippen molar-refractivity contribution in [3.63, 3.8) is 0 Å². The average Bonchev–Trinajstić information content (AvgIpc) is 3.17. The third-order valence-electron chi connectivity index (χ3n) is 6.44. The maximum absolute atomic E-state index is 5.46. The van der Waals surface area contributed by atoms with Gasteiger partial charge in [-0.3, -0.25) is 0 Å². The average molecular weight is 338 g/mol. The van der Waals surface area contributed by atoms with E-state index in [2.05, 4.69) is 42.2 Å². The minimum atomic E-state index is 0.825. The summed E-state index contributed by atoms with van der Waals surface area (Å²) in [6.07, 6.45) is 9.75. The van der Waals surface area contributed by atoms with E-state index in [9.17, 15) is 0 Å². The van der Waals surface area contributed by atoms with Crippen molar-refractivity contribution in [2.45, 2.75) is 57.9 Å². The van der Waals surface area contributed by atoms with Gasteiger partial charge in [-0.2, -0.15) is 0 Å². The highest BCUT2D eigenvalue weighted by atomic mass is 16.5. The molecule has 1 saturated carbocycles. The Bertz CT molecular complexity index is 732. The van der Waals surface area contributed by atoms with Crippen LogP contribution >= 0.6 is 0 Å². The van der Waals surface area contributed by atoms with Crippen molar-refractivity contribution in [3.8, 4) is 5.75 Å². The number of hydrogen-bond donors (Lipinski definition) is 0. The molecule has 1 aliphatic carbocycles. The van der Waals surface area contributed by atoms with Crippen LogP contribution in [0.3, 0.4) is 0 Å². The van der Waals surface area contributed by atoms with Gasteiger partial charge in [0.1, 0.15) is 5.75 Å². The van der Waals surface area contributed by atoms with Crippen molar-refractivity contribution in [2.75, 3.05) is 20.2 Å². The van der Waals surface area contributed by atoms with E-state index in [4.69, 9.17) is 4.74 Å². The van der Waals surface area contributed by atoms with Crippen molar-refractivity contribution >= 4 is 10.8 Å². The smallest absolute Gasteiger partial charge is 0.122 e. The van der Waals surface area contributed by atoms with Gasteiger partial charge in [-0.05, 0) is 79.5 Å². The summed E-state index contributed by atoms with van der Waals surface area (Å²) < 4.78 is 5.46. The first-order chi connectivity index (χ1) is 12.2. The lowest BCUT2D eigenvalue weighted by Crippen LogP contribution is -2.42. The number of benzene rings is 2. The highest BCUT2D eigenvalue weighted by Crippen LogP contribution is 2.31. The molecule has 2 aliphatic rings. The summed E-state index contributed by atoms with van der Waals surface area (Å²) in [4.78, 5) is 2.80. The zero-order chi connectivity index (χ0) is 17.2. The largest absolute Gasteiger partial charge is 0.496 e. The Hall–Kier alpha value is -1.54. The van der Waals surface area contributed by atoms with Gasteiger partial charge in [-0.15, -0.1) is 0 Å². The van der Waals surface area contributed by atoms with Gasteiger partial charge in [0.25, 0.3) is 0 Å². The van der Waals surface area contributed by atoms with Crippen molar-refractivity contribution < 1.29 is 4.74 Å². The number of methoxy groups -OCH3 is 1. The maximum atomic E-state index is 5.46. The van der Waals surface area contributed by atoms with E-state index in [0.29, 0.717) is 0 Å². The van der Waals surface area contributed by atoms with Crippen LogP contribution in [0.15, 0.2) is 30.3 Å². The van der Waals surface area contributed by atoms with E-state index in [1.54, 1.807) is 7.11 Å². The summed E-state index contributed by atoms with van der Waals surface area (Å²) in [5.41, 5.74) is 2.74. The molecule has 2 aromatic carbocycles. The highest BCUT2D eigenvalue weighted by molar-refractivity contribution is 5.88. The second-order valence-corrected chi connectivity index (χ2v) is 8.09. The molecule has 0 aromatic heterocycles. The number of likely N-dealkylation sites (tertiary alicyclic amines) is 1. The first-order valence-corrected chi connectivity index (χ1v) is 10.0. The minimum Gasteiger partial charge on any atom is -0.496 e. The molecule has 2 aromatic rings. The quantitative estimate of drug-likeness (QED) is 0.745. The molecule has 1 aliphatic heterocycles. The monoisotopic (exact) mass is 337 g/mol. The summed E-state index contributed by atoms with van der Waals surface area (Å²) in [5, 5.41) is 2.67. The van der Waals surface area contributed by atoms with Crippen LogP contribution in [-0.2, 0) is 6.42 Å². The Morgan fingerprint density at radius 3 is 2.68 bits per heavy atom. The van der Waals surface area contributed by atoms with Gasteiger partial charge in [0.2, 0.25) is 0 Å². The van der Waals surface area contributed by atoms with E-state index in [1.807, 2.05) is 0 Å². The molecular weight excluding hydrogens is 306 g/mol. The van der Waals surface area contributed by atoms with E-state index in [-0.39, 0.29) is 0 Å². The summed E-state index contributed by atoms with van der Waals surface area (Å²) in [6, 6.07) is 12.2. The Morgan fingerprint density at radius 1 is 1.04 bits per heavy atom. The van der Waals surface area contributed by atoms with Crippen molar-refractivity contribution in [1.29, 1.82) is 0 Å². The second-order valence-electron chi connectivity index (χ2n) is 8.09. The summed E-state index contributed by atoms with van der Waals surface area (Å²) >= 11 is 0. The Kier molecular flexibility index (Phi) is 4.98. The topological polar surface area (TPSA) is 12.5 Å². The molecule has 1 atom stereocenters. The molecule has 1 unspecified atom stereocenters. The SMILES string of the molecule is COc1ccc2cc(CC3CCCN(C4CCCC4)C3)ccc2c1C. The first kappa shape index (κ1) is 16.9. The van der Waals surface area contributed by atoms with Crippen LogP contribution in [0.1, 0.15) is 49.7 Å². The zero-order valence-corrected chi connectivity index (χ0v) is 15.8. The van der Waals surface area contributed by atoms with Crippen LogP contribution in [0.2, 0.25) is 0 Å². The number of piperidine rings is 1. The van der Waals surface area contributed by atoms with Crippen LogP contribution in [0.25, 0.3) is 10.8 Å². The maximum Gasteiger partial charge on any atom is 0.122 e. The normalized spacial score (nSPS) is 22.6. The lowest BCUT2D eigenvalue weighted by molar-refractivity contribution is 0.125. The third-order valence-corrected chi connectivity index (χ3v) is 6.44. The fourth-order valence-corrected chi connectivity index (χ4v) is 5.06. The van der Waals surface area contributed by atoms with Gasteiger partial charge >= 0.3 is 0 Å². The molecule has 0 bridgehead atoms. The van der Waals surface area contributed by atoms with E-state index < -0.39 is 0 Å². The molecule has 1 heterocycles.